The minimum absolute atomic E-state index is 0.449. The third-order valence-electron chi connectivity index (χ3n) is 1.88. The molecule has 2 nitrogen and oxygen atoms in total. The van der Waals surface area contributed by atoms with Gasteiger partial charge in [-0.25, -0.2) is 0 Å². The number of rotatable bonds is 5. The largest absolute Gasteiger partial charge is 0.445 e. The van der Waals surface area contributed by atoms with E-state index in [9.17, 15) is 0 Å². The van der Waals surface area contributed by atoms with Crippen LogP contribution in [0.5, 0.6) is 5.75 Å². The van der Waals surface area contributed by atoms with Crippen LogP contribution in [-0.2, 0) is 11.8 Å². The maximum absolute atomic E-state index is 5.99. The van der Waals surface area contributed by atoms with Crippen LogP contribution < -0.4 is 10.0 Å². The Labute approximate surface area is 100 Å². The van der Waals surface area contributed by atoms with E-state index in [1.165, 1.54) is 0 Å². The summed E-state index contributed by atoms with van der Waals surface area (Å²) in [4.78, 5) is 0. The zero-order chi connectivity index (χ0) is 11.3. The van der Waals surface area contributed by atoms with Gasteiger partial charge in [0.1, 0.15) is 5.75 Å². The molecule has 2 unspecified atom stereocenters. The first-order valence-corrected chi connectivity index (χ1v) is 9.12. The molecule has 0 aromatic heterocycles. The summed E-state index contributed by atoms with van der Waals surface area (Å²) >= 11 is 6.88. The SMILES string of the molecule is CCC(C)SP(N)(=S)Oc1ccccc1. The second-order valence-corrected chi connectivity index (χ2v) is 10.1. The molecule has 0 saturated heterocycles. The number of hydrogen-bond donors (Lipinski definition) is 1. The molecule has 1 aromatic carbocycles. The molecule has 0 heterocycles. The average Bonchev–Trinajstić information content (AvgIpc) is 2.17. The van der Waals surface area contributed by atoms with Crippen molar-refractivity contribution in [3.63, 3.8) is 0 Å². The van der Waals surface area contributed by atoms with Crippen molar-refractivity contribution < 1.29 is 4.52 Å². The van der Waals surface area contributed by atoms with Crippen LogP contribution in [0.2, 0.25) is 0 Å². The van der Waals surface area contributed by atoms with Crippen molar-refractivity contribution in [1.29, 1.82) is 0 Å². The van der Waals surface area contributed by atoms with Gasteiger partial charge in [0.2, 0.25) is 5.62 Å². The van der Waals surface area contributed by atoms with Gasteiger partial charge in [0.05, 0.1) is 0 Å². The summed E-state index contributed by atoms with van der Waals surface area (Å²) < 4.78 is 5.64. The highest BCUT2D eigenvalue weighted by atomic mass is 32.9. The Morgan fingerprint density at radius 1 is 1.47 bits per heavy atom. The van der Waals surface area contributed by atoms with Crippen molar-refractivity contribution in [1.82, 2.24) is 0 Å². The lowest BCUT2D eigenvalue weighted by atomic mass is 10.3. The Kier molecular flexibility index (Phi) is 5.13. The first-order chi connectivity index (χ1) is 7.03. The van der Waals surface area contributed by atoms with Crippen LogP contribution in [-0.4, -0.2) is 5.25 Å². The third kappa shape index (κ3) is 5.03. The maximum Gasteiger partial charge on any atom is 0.232 e. The Hall–Kier alpha value is -0.0200. The molecular formula is C10H16NOPS2. The van der Waals surface area contributed by atoms with Gasteiger partial charge in [-0.2, -0.15) is 0 Å². The molecule has 0 aliphatic rings. The summed E-state index contributed by atoms with van der Waals surface area (Å²) in [5.74, 6) is 0.763. The van der Waals surface area contributed by atoms with Crippen LogP contribution in [0.4, 0.5) is 0 Å². The van der Waals surface area contributed by atoms with Gasteiger partial charge in [-0.05, 0) is 30.4 Å². The van der Waals surface area contributed by atoms with Gasteiger partial charge >= 0.3 is 0 Å². The van der Waals surface area contributed by atoms with Gasteiger partial charge in [0.15, 0.2) is 0 Å². The molecule has 1 rings (SSSR count). The number of para-hydroxylation sites is 1. The van der Waals surface area contributed by atoms with Gasteiger partial charge < -0.3 is 4.52 Å². The molecule has 0 aliphatic heterocycles. The molecular weight excluding hydrogens is 245 g/mol. The van der Waals surface area contributed by atoms with E-state index >= 15 is 0 Å². The molecule has 5 heteroatoms. The van der Waals surface area contributed by atoms with Crippen LogP contribution in [0.3, 0.4) is 0 Å². The van der Waals surface area contributed by atoms with Crippen molar-refractivity contribution >= 4 is 28.8 Å². The number of benzene rings is 1. The van der Waals surface area contributed by atoms with Crippen LogP contribution in [0.1, 0.15) is 20.3 Å². The highest BCUT2D eigenvalue weighted by Gasteiger charge is 2.17. The van der Waals surface area contributed by atoms with Crippen LogP contribution in [0, 0.1) is 0 Å². The summed E-state index contributed by atoms with van der Waals surface area (Å²) in [6, 6.07) is 9.53. The van der Waals surface area contributed by atoms with E-state index in [2.05, 4.69) is 13.8 Å². The molecule has 84 valence electrons. The quantitative estimate of drug-likeness (QED) is 0.818. The summed E-state index contributed by atoms with van der Waals surface area (Å²) in [5.41, 5.74) is 3.75. The summed E-state index contributed by atoms with van der Waals surface area (Å²) in [6.45, 7) is 4.24. The van der Waals surface area contributed by atoms with Crippen LogP contribution in [0.15, 0.2) is 30.3 Å². The van der Waals surface area contributed by atoms with Gasteiger partial charge in [-0.1, -0.05) is 43.4 Å². The molecule has 0 saturated carbocycles. The van der Waals surface area contributed by atoms with Gasteiger partial charge in [-0.15, -0.1) is 0 Å². The van der Waals surface area contributed by atoms with Crippen molar-refractivity contribution in [2.75, 3.05) is 0 Å². The normalized spacial score (nSPS) is 16.7. The van der Waals surface area contributed by atoms with Gasteiger partial charge in [-0.3, -0.25) is 5.50 Å². The molecule has 0 amide bonds. The Bertz CT molecular complexity index is 345. The summed E-state index contributed by atoms with van der Waals surface area (Å²) in [7, 11) is 0. The van der Waals surface area contributed by atoms with E-state index in [1.54, 1.807) is 11.4 Å². The molecule has 1 aromatic rings. The minimum Gasteiger partial charge on any atom is -0.445 e. The molecule has 0 fully saturated rings. The smallest absolute Gasteiger partial charge is 0.232 e. The fraction of sp³-hybridized carbons (Fsp3) is 0.400. The Balaban J connectivity index is 2.61. The monoisotopic (exact) mass is 261 g/mol. The second kappa shape index (κ2) is 5.90. The summed E-state index contributed by atoms with van der Waals surface area (Å²) in [6.07, 6.45) is 1.05. The highest BCUT2D eigenvalue weighted by Crippen LogP contribution is 2.54. The van der Waals surface area contributed by atoms with E-state index in [4.69, 9.17) is 21.8 Å². The third-order valence-corrected chi connectivity index (χ3v) is 6.51. The molecule has 15 heavy (non-hydrogen) atoms. The fourth-order valence-corrected chi connectivity index (χ4v) is 6.00. The molecule has 2 atom stereocenters. The summed E-state index contributed by atoms with van der Waals surface area (Å²) in [5, 5.41) is 0.449. The average molecular weight is 261 g/mol. The molecule has 0 bridgehead atoms. The number of hydrogen-bond acceptors (Lipinski definition) is 3. The first-order valence-electron chi connectivity index (χ1n) is 4.85. The molecule has 0 radical (unpaired) electrons. The predicted octanol–water partition coefficient (Wildman–Crippen LogP) is 3.78. The van der Waals surface area contributed by atoms with E-state index in [0.29, 0.717) is 5.25 Å². The standard InChI is InChI=1S/C10H16NOPS2/c1-3-9(2)15-13(11,14)12-10-7-5-4-6-8-10/h4-9H,3H2,1-2H3,(H2,11,14). The fourth-order valence-electron chi connectivity index (χ4n) is 0.975. The van der Waals surface area contributed by atoms with Gasteiger partial charge in [0, 0.05) is 5.25 Å². The van der Waals surface area contributed by atoms with Crippen molar-refractivity contribution in [2.24, 2.45) is 5.50 Å². The minimum atomic E-state index is -2.24. The highest BCUT2D eigenvalue weighted by molar-refractivity contribution is 8.69. The van der Waals surface area contributed by atoms with E-state index in [0.717, 1.165) is 12.2 Å². The maximum atomic E-state index is 5.99. The molecule has 0 aliphatic carbocycles. The van der Waals surface area contributed by atoms with Gasteiger partial charge in [0.25, 0.3) is 0 Å². The van der Waals surface area contributed by atoms with Crippen molar-refractivity contribution in [3.8, 4) is 5.75 Å². The van der Waals surface area contributed by atoms with Crippen LogP contribution in [0.25, 0.3) is 0 Å². The lowest BCUT2D eigenvalue weighted by molar-refractivity contribution is 0.625. The lowest BCUT2D eigenvalue weighted by Gasteiger charge is -2.20. The van der Waals surface area contributed by atoms with E-state index in [1.807, 2.05) is 30.3 Å². The van der Waals surface area contributed by atoms with Crippen LogP contribution >= 0.6 is 17.0 Å². The Morgan fingerprint density at radius 3 is 2.60 bits per heavy atom. The zero-order valence-electron chi connectivity index (χ0n) is 8.92. The second-order valence-electron chi connectivity index (χ2n) is 3.27. The first kappa shape index (κ1) is 13.0. The lowest BCUT2D eigenvalue weighted by Crippen LogP contribution is -2.03. The van der Waals surface area contributed by atoms with Crippen molar-refractivity contribution in [2.45, 2.75) is 25.5 Å². The van der Waals surface area contributed by atoms with E-state index in [-0.39, 0.29) is 0 Å². The topological polar surface area (TPSA) is 35.2 Å². The predicted molar refractivity (Wildman–Crippen MR) is 72.9 cm³/mol. The Morgan fingerprint density at radius 2 is 2.07 bits per heavy atom. The zero-order valence-corrected chi connectivity index (χ0v) is 11.4. The van der Waals surface area contributed by atoms with Crippen molar-refractivity contribution in [3.05, 3.63) is 30.3 Å². The molecule has 0 spiro atoms. The number of nitrogens with two attached hydrogens (primary N) is 1. The van der Waals surface area contributed by atoms with E-state index < -0.39 is 5.62 Å². The molecule has 2 N–H and O–H groups in total.